The summed E-state index contributed by atoms with van der Waals surface area (Å²) in [5.74, 6) is 0.280. The third-order valence-corrected chi connectivity index (χ3v) is 7.85. The molecule has 43 heavy (non-hydrogen) atoms. The molecule has 0 radical (unpaired) electrons. The van der Waals surface area contributed by atoms with Gasteiger partial charge >= 0.3 is 0 Å². The monoisotopic (exact) mass is 588 g/mol. The average molecular weight is 589 g/mol. The number of rotatable bonds is 3. The van der Waals surface area contributed by atoms with E-state index < -0.39 is 23.4 Å². The van der Waals surface area contributed by atoms with E-state index in [1.54, 1.807) is 12.3 Å². The van der Waals surface area contributed by atoms with Crippen LogP contribution in [0.25, 0.3) is 11.4 Å². The highest BCUT2D eigenvalue weighted by molar-refractivity contribution is 5.97. The molecule has 0 fully saturated rings. The number of carbonyl (C=O) groups is 3. The van der Waals surface area contributed by atoms with Gasteiger partial charge in [-0.15, -0.1) is 0 Å². The van der Waals surface area contributed by atoms with Crippen molar-refractivity contribution in [3.05, 3.63) is 69.9 Å². The van der Waals surface area contributed by atoms with Gasteiger partial charge in [0.25, 0.3) is 11.5 Å². The first-order chi connectivity index (χ1) is 20.8. The third-order valence-electron chi connectivity index (χ3n) is 7.85. The number of aromatic nitrogens is 3. The summed E-state index contributed by atoms with van der Waals surface area (Å²) in [7, 11) is 0. The minimum absolute atomic E-state index is 0.0242. The van der Waals surface area contributed by atoms with E-state index in [4.69, 9.17) is 4.74 Å². The number of H-pyrrole nitrogens is 1. The maximum absolute atomic E-state index is 13.7. The summed E-state index contributed by atoms with van der Waals surface area (Å²) < 4.78 is 7.98. The van der Waals surface area contributed by atoms with Gasteiger partial charge in [-0.25, -0.2) is 4.98 Å². The van der Waals surface area contributed by atoms with Crippen molar-refractivity contribution in [2.24, 2.45) is 5.92 Å². The van der Waals surface area contributed by atoms with E-state index in [0.29, 0.717) is 38.3 Å². The number of hydrogen-bond donors (Lipinski definition) is 3. The Labute approximate surface area is 251 Å². The number of benzene rings is 1. The average Bonchev–Trinajstić information content (AvgIpc) is 3.45. The number of imidazole rings is 1. The van der Waals surface area contributed by atoms with Gasteiger partial charge in [-0.1, -0.05) is 26.0 Å². The molecule has 3 heterocycles. The summed E-state index contributed by atoms with van der Waals surface area (Å²) in [4.78, 5) is 62.0. The maximum atomic E-state index is 13.7. The molecule has 2 aromatic heterocycles. The molecule has 1 aliphatic carbocycles. The number of amides is 3. The molecule has 3 N–H and O–H groups in total. The summed E-state index contributed by atoms with van der Waals surface area (Å²) in [6.45, 7) is 4.99. The molecule has 0 unspecified atom stereocenters. The number of pyridine rings is 1. The molecular formula is C32H40N6O5. The van der Waals surface area contributed by atoms with Crippen LogP contribution >= 0.6 is 0 Å². The SMILES string of the molecule is CC(C)C[C@H]1NC(=O)CN(C(=O)c2cc3c([nH]c2=O)CCCC3)CCCOc2cccc(c2)-c2nccn2CCNC1=O. The Bertz CT molecular complexity index is 1530. The van der Waals surface area contributed by atoms with E-state index in [1.807, 2.05) is 48.9 Å². The first kappa shape index (κ1) is 30.1. The number of fused-ring (bicyclic) bond motifs is 5. The van der Waals surface area contributed by atoms with Crippen LogP contribution in [0.1, 0.15) is 61.1 Å². The highest BCUT2D eigenvalue weighted by Gasteiger charge is 2.27. The number of nitrogens with one attached hydrogen (secondary N) is 3. The van der Waals surface area contributed by atoms with Gasteiger partial charge in [-0.05, 0) is 68.2 Å². The van der Waals surface area contributed by atoms with Crippen LogP contribution in [0.4, 0.5) is 0 Å². The quantitative estimate of drug-likeness (QED) is 0.430. The second kappa shape index (κ2) is 13.7. The number of nitrogens with zero attached hydrogens (tertiary/aromatic N) is 3. The van der Waals surface area contributed by atoms with Gasteiger partial charge < -0.3 is 29.8 Å². The second-order valence-electron chi connectivity index (χ2n) is 11.7. The summed E-state index contributed by atoms with van der Waals surface area (Å²) in [5.41, 5.74) is 2.30. The van der Waals surface area contributed by atoms with Crippen LogP contribution in [0.5, 0.6) is 5.75 Å². The Balaban J connectivity index is 1.41. The van der Waals surface area contributed by atoms with Crippen molar-refractivity contribution in [3.8, 4) is 17.1 Å². The number of ether oxygens (including phenoxy) is 1. The molecule has 3 aromatic rings. The molecule has 228 valence electrons. The Kier molecular flexibility index (Phi) is 9.58. The highest BCUT2D eigenvalue weighted by atomic mass is 16.5. The van der Waals surface area contributed by atoms with Gasteiger partial charge in [0.1, 0.15) is 23.2 Å². The molecule has 2 bridgehead atoms. The van der Waals surface area contributed by atoms with Crippen molar-refractivity contribution in [2.45, 2.75) is 65.0 Å². The number of carbonyl (C=O) groups excluding carboxylic acids is 3. The number of hydrogen-bond acceptors (Lipinski definition) is 6. The molecule has 3 amide bonds. The summed E-state index contributed by atoms with van der Waals surface area (Å²) in [6.07, 6.45) is 8.02. The van der Waals surface area contributed by atoms with Crippen molar-refractivity contribution in [3.63, 3.8) is 0 Å². The molecule has 11 nitrogen and oxygen atoms in total. The molecule has 0 saturated carbocycles. The van der Waals surface area contributed by atoms with Crippen molar-refractivity contribution in [1.29, 1.82) is 0 Å². The summed E-state index contributed by atoms with van der Waals surface area (Å²) in [5, 5.41) is 5.78. The predicted octanol–water partition coefficient (Wildman–Crippen LogP) is 2.69. The van der Waals surface area contributed by atoms with E-state index in [-0.39, 0.29) is 30.5 Å². The Morgan fingerprint density at radius 2 is 1.93 bits per heavy atom. The standard InChI is InChI=1S/C32H40N6O5/c1-21(2)17-27-31(41)34-12-15-37-14-11-33-29(37)23-8-5-9-24(18-23)43-16-6-13-38(20-28(39)35-27)32(42)25-19-22-7-3-4-10-26(22)36-30(25)40/h5,8-9,11,14,18-19,21,27H,3-4,6-7,10,12-13,15-17,20H2,1-2H3,(H,34,41)(H,35,39)(H,36,40)/t27-/m1/s1. The van der Waals surface area contributed by atoms with Crippen molar-refractivity contribution >= 4 is 17.7 Å². The zero-order valence-electron chi connectivity index (χ0n) is 24.9. The summed E-state index contributed by atoms with van der Waals surface area (Å²) in [6, 6.07) is 8.52. The zero-order chi connectivity index (χ0) is 30.3. The van der Waals surface area contributed by atoms with Crippen LogP contribution < -0.4 is 20.9 Å². The van der Waals surface area contributed by atoms with Crippen LogP contribution in [-0.2, 0) is 29.0 Å². The van der Waals surface area contributed by atoms with Crippen molar-refractivity contribution in [1.82, 2.24) is 30.1 Å². The lowest BCUT2D eigenvalue weighted by Crippen LogP contribution is -2.51. The largest absolute Gasteiger partial charge is 0.494 e. The minimum Gasteiger partial charge on any atom is -0.494 e. The first-order valence-corrected chi connectivity index (χ1v) is 15.1. The van der Waals surface area contributed by atoms with Gasteiger partial charge in [-0.2, -0.15) is 0 Å². The zero-order valence-corrected chi connectivity index (χ0v) is 24.9. The van der Waals surface area contributed by atoms with E-state index in [1.165, 1.54) is 4.90 Å². The molecule has 2 aliphatic rings. The molecule has 0 spiro atoms. The van der Waals surface area contributed by atoms with Crippen LogP contribution in [-0.4, -0.2) is 69.4 Å². The lowest BCUT2D eigenvalue weighted by molar-refractivity contribution is -0.129. The van der Waals surface area contributed by atoms with Gasteiger partial charge in [0, 0.05) is 43.3 Å². The normalized spacial score (nSPS) is 18.4. The Morgan fingerprint density at radius 3 is 2.77 bits per heavy atom. The molecule has 0 saturated heterocycles. The maximum Gasteiger partial charge on any atom is 0.261 e. The fraction of sp³-hybridized carbons (Fsp3) is 0.469. The minimum atomic E-state index is -0.766. The van der Waals surface area contributed by atoms with E-state index in [2.05, 4.69) is 20.6 Å². The fourth-order valence-corrected chi connectivity index (χ4v) is 5.72. The Morgan fingerprint density at radius 1 is 1.09 bits per heavy atom. The van der Waals surface area contributed by atoms with Gasteiger partial charge in [-0.3, -0.25) is 19.2 Å². The van der Waals surface area contributed by atoms with E-state index in [9.17, 15) is 19.2 Å². The summed E-state index contributed by atoms with van der Waals surface area (Å²) >= 11 is 0. The van der Waals surface area contributed by atoms with E-state index in [0.717, 1.165) is 48.3 Å². The van der Waals surface area contributed by atoms with Crippen molar-refractivity contribution < 1.29 is 19.1 Å². The van der Waals surface area contributed by atoms with Crippen LogP contribution in [0.15, 0.2) is 47.5 Å². The van der Waals surface area contributed by atoms with Crippen LogP contribution in [0.3, 0.4) is 0 Å². The lowest BCUT2D eigenvalue weighted by atomic mass is 9.95. The third kappa shape index (κ3) is 7.52. The smallest absolute Gasteiger partial charge is 0.261 e. The number of aryl methyl sites for hydroxylation is 2. The topological polar surface area (TPSA) is 138 Å². The predicted molar refractivity (Wildman–Crippen MR) is 162 cm³/mol. The molecule has 1 atom stereocenters. The van der Waals surface area contributed by atoms with Crippen LogP contribution in [0, 0.1) is 5.92 Å². The molecule has 1 aromatic carbocycles. The van der Waals surface area contributed by atoms with Gasteiger partial charge in [0.05, 0.1) is 13.2 Å². The lowest BCUT2D eigenvalue weighted by Gasteiger charge is -2.25. The van der Waals surface area contributed by atoms with E-state index >= 15 is 0 Å². The molecular weight excluding hydrogens is 548 g/mol. The fourth-order valence-electron chi connectivity index (χ4n) is 5.72. The van der Waals surface area contributed by atoms with Crippen LogP contribution in [0.2, 0.25) is 0 Å². The van der Waals surface area contributed by atoms with Gasteiger partial charge in [0.2, 0.25) is 11.8 Å². The van der Waals surface area contributed by atoms with Gasteiger partial charge in [0.15, 0.2) is 0 Å². The highest BCUT2D eigenvalue weighted by Crippen LogP contribution is 2.23. The van der Waals surface area contributed by atoms with Crippen molar-refractivity contribution in [2.75, 3.05) is 26.2 Å². The number of aromatic amines is 1. The molecule has 1 aliphatic heterocycles. The Hall–Kier alpha value is -4.41. The second-order valence-corrected chi connectivity index (χ2v) is 11.7. The molecule has 11 heteroatoms. The first-order valence-electron chi connectivity index (χ1n) is 15.1. The molecule has 5 rings (SSSR count).